The number of hydrogen-bond acceptors (Lipinski definition) is 2. The predicted molar refractivity (Wildman–Crippen MR) is 50.3 cm³/mol. The molecule has 2 nitrogen and oxygen atoms in total. The molecular weight excluding hydrogens is 138 g/mol. The molecule has 1 N–H and O–H groups in total. The van der Waals surface area contributed by atoms with E-state index in [1.807, 2.05) is 20.8 Å². The maximum absolute atomic E-state index is 8.27. The number of oxime groups is 1. The van der Waals surface area contributed by atoms with E-state index in [4.69, 9.17) is 5.21 Å². The minimum Gasteiger partial charge on any atom is -0.411 e. The van der Waals surface area contributed by atoms with Gasteiger partial charge in [-0.15, -0.1) is 0 Å². The van der Waals surface area contributed by atoms with Crippen LogP contribution in [-0.4, -0.2) is 10.9 Å². The largest absolute Gasteiger partial charge is 0.411 e. The van der Waals surface area contributed by atoms with E-state index >= 15 is 0 Å². The van der Waals surface area contributed by atoms with E-state index in [9.17, 15) is 0 Å². The van der Waals surface area contributed by atoms with Crippen molar-refractivity contribution in [3.05, 3.63) is 0 Å². The average Bonchev–Trinajstić information content (AvgIpc) is 2.07. The highest BCUT2D eigenvalue weighted by Crippen LogP contribution is 2.06. The van der Waals surface area contributed by atoms with Gasteiger partial charge in [-0.25, -0.2) is 0 Å². The minimum absolute atomic E-state index is 0.640. The second-order valence-electron chi connectivity index (χ2n) is 2.55. The van der Waals surface area contributed by atoms with Gasteiger partial charge in [0.15, 0.2) is 0 Å². The molecule has 0 radical (unpaired) electrons. The van der Waals surface area contributed by atoms with Gasteiger partial charge in [0.05, 0.1) is 5.71 Å². The van der Waals surface area contributed by atoms with Crippen LogP contribution in [0.1, 0.15) is 47.5 Å². The van der Waals surface area contributed by atoms with Crippen LogP contribution in [0.25, 0.3) is 0 Å². The molecule has 68 valence electrons. The highest BCUT2D eigenvalue weighted by molar-refractivity contribution is 5.81. The first-order chi connectivity index (χ1) is 5.20. The van der Waals surface area contributed by atoms with Crippen LogP contribution in [0.4, 0.5) is 0 Å². The molecule has 0 rings (SSSR count). The summed E-state index contributed by atoms with van der Waals surface area (Å²) < 4.78 is 0. The molecule has 0 aliphatic heterocycles. The summed E-state index contributed by atoms with van der Waals surface area (Å²) >= 11 is 0. The van der Waals surface area contributed by atoms with Crippen molar-refractivity contribution in [2.75, 3.05) is 0 Å². The Kier molecular flexibility index (Phi) is 11.3. The van der Waals surface area contributed by atoms with E-state index in [1.54, 1.807) is 0 Å². The summed E-state index contributed by atoms with van der Waals surface area (Å²) in [5.41, 5.74) is 0.823. The highest BCUT2D eigenvalue weighted by atomic mass is 16.4. The SMILES string of the molecule is CC.CCC(C)C/C(C)=N\O. The summed E-state index contributed by atoms with van der Waals surface area (Å²) in [5.74, 6) is 0.640. The molecule has 0 aromatic rings. The summed E-state index contributed by atoms with van der Waals surface area (Å²) in [7, 11) is 0. The van der Waals surface area contributed by atoms with Crippen molar-refractivity contribution in [2.24, 2.45) is 11.1 Å². The van der Waals surface area contributed by atoms with E-state index in [0.29, 0.717) is 5.92 Å². The van der Waals surface area contributed by atoms with E-state index in [0.717, 1.165) is 18.6 Å². The molecule has 0 heterocycles. The fourth-order valence-electron chi connectivity index (χ4n) is 0.689. The molecule has 0 saturated heterocycles. The van der Waals surface area contributed by atoms with Gasteiger partial charge in [-0.2, -0.15) is 0 Å². The molecule has 0 aromatic carbocycles. The zero-order valence-corrected chi connectivity index (χ0v) is 8.39. The third-order valence-corrected chi connectivity index (χ3v) is 1.51. The Hall–Kier alpha value is -0.530. The summed E-state index contributed by atoms with van der Waals surface area (Å²) in [6.07, 6.45) is 2.06. The molecule has 0 fully saturated rings. The van der Waals surface area contributed by atoms with Gasteiger partial charge in [-0.3, -0.25) is 0 Å². The van der Waals surface area contributed by atoms with E-state index in [1.165, 1.54) is 0 Å². The van der Waals surface area contributed by atoms with E-state index in [2.05, 4.69) is 19.0 Å². The summed E-state index contributed by atoms with van der Waals surface area (Å²) in [4.78, 5) is 0. The topological polar surface area (TPSA) is 32.6 Å². The lowest BCUT2D eigenvalue weighted by Gasteiger charge is -2.04. The van der Waals surface area contributed by atoms with Crippen molar-refractivity contribution >= 4 is 5.71 Å². The lowest BCUT2D eigenvalue weighted by molar-refractivity contribution is 0.316. The van der Waals surface area contributed by atoms with Crippen LogP contribution in [-0.2, 0) is 0 Å². The van der Waals surface area contributed by atoms with Gasteiger partial charge < -0.3 is 5.21 Å². The molecule has 0 aliphatic carbocycles. The van der Waals surface area contributed by atoms with Crippen LogP contribution in [0, 0.1) is 5.92 Å². The Morgan fingerprint density at radius 3 is 2.18 bits per heavy atom. The molecule has 11 heavy (non-hydrogen) atoms. The van der Waals surface area contributed by atoms with Crippen LogP contribution in [0.5, 0.6) is 0 Å². The van der Waals surface area contributed by atoms with Gasteiger partial charge in [0, 0.05) is 0 Å². The molecule has 0 spiro atoms. The molecule has 1 unspecified atom stereocenters. The van der Waals surface area contributed by atoms with Crippen LogP contribution in [0.15, 0.2) is 5.16 Å². The maximum Gasteiger partial charge on any atom is 0.0542 e. The number of hydrogen-bond donors (Lipinski definition) is 1. The third kappa shape index (κ3) is 9.47. The fraction of sp³-hybridized carbons (Fsp3) is 0.889. The maximum atomic E-state index is 8.27. The summed E-state index contributed by atoms with van der Waals surface area (Å²) in [6, 6.07) is 0. The average molecular weight is 159 g/mol. The Balaban J connectivity index is 0. The second-order valence-corrected chi connectivity index (χ2v) is 2.55. The van der Waals surface area contributed by atoms with Gasteiger partial charge in [-0.1, -0.05) is 39.3 Å². The highest BCUT2D eigenvalue weighted by Gasteiger charge is 1.99. The van der Waals surface area contributed by atoms with Crippen LogP contribution in [0.2, 0.25) is 0 Å². The quantitative estimate of drug-likeness (QED) is 0.382. The van der Waals surface area contributed by atoms with Crippen molar-refractivity contribution in [3.8, 4) is 0 Å². The lowest BCUT2D eigenvalue weighted by Crippen LogP contribution is -2.00. The monoisotopic (exact) mass is 159 g/mol. The lowest BCUT2D eigenvalue weighted by atomic mass is 10.0. The van der Waals surface area contributed by atoms with Crippen molar-refractivity contribution in [3.63, 3.8) is 0 Å². The van der Waals surface area contributed by atoms with Gasteiger partial charge in [0.25, 0.3) is 0 Å². The van der Waals surface area contributed by atoms with Crippen LogP contribution >= 0.6 is 0 Å². The predicted octanol–water partition coefficient (Wildman–Crippen LogP) is 3.30. The van der Waals surface area contributed by atoms with Gasteiger partial charge in [0.1, 0.15) is 0 Å². The van der Waals surface area contributed by atoms with Gasteiger partial charge in [0.2, 0.25) is 0 Å². The molecular formula is C9H21NO. The van der Waals surface area contributed by atoms with Crippen LogP contribution in [0.3, 0.4) is 0 Å². The van der Waals surface area contributed by atoms with Gasteiger partial charge >= 0.3 is 0 Å². The molecule has 0 aromatic heterocycles. The van der Waals surface area contributed by atoms with E-state index < -0.39 is 0 Å². The zero-order chi connectivity index (χ0) is 9.28. The Morgan fingerprint density at radius 2 is 1.91 bits per heavy atom. The molecule has 2 heteroatoms. The first-order valence-electron chi connectivity index (χ1n) is 4.38. The van der Waals surface area contributed by atoms with Crippen molar-refractivity contribution in [2.45, 2.75) is 47.5 Å². The van der Waals surface area contributed by atoms with Gasteiger partial charge in [-0.05, 0) is 19.3 Å². The van der Waals surface area contributed by atoms with Crippen molar-refractivity contribution in [1.82, 2.24) is 0 Å². The Bertz CT molecular complexity index is 99.7. The number of nitrogens with zero attached hydrogens (tertiary/aromatic N) is 1. The molecule has 0 bridgehead atoms. The smallest absolute Gasteiger partial charge is 0.0542 e. The molecule has 0 amide bonds. The van der Waals surface area contributed by atoms with Crippen LogP contribution < -0.4 is 0 Å². The third-order valence-electron chi connectivity index (χ3n) is 1.51. The zero-order valence-electron chi connectivity index (χ0n) is 8.39. The normalized spacial score (nSPS) is 13.4. The fourth-order valence-corrected chi connectivity index (χ4v) is 0.689. The summed E-state index contributed by atoms with van der Waals surface area (Å²) in [6.45, 7) is 10.1. The minimum atomic E-state index is 0.640. The first kappa shape index (κ1) is 13.1. The Morgan fingerprint density at radius 1 is 1.45 bits per heavy atom. The number of rotatable bonds is 3. The van der Waals surface area contributed by atoms with E-state index in [-0.39, 0.29) is 0 Å². The van der Waals surface area contributed by atoms with Crippen molar-refractivity contribution in [1.29, 1.82) is 0 Å². The first-order valence-corrected chi connectivity index (χ1v) is 4.38. The summed E-state index contributed by atoms with van der Waals surface area (Å²) in [5, 5.41) is 11.4. The molecule has 1 atom stereocenters. The standard InChI is InChI=1S/C7H15NO.C2H6/c1-4-6(2)5-7(3)8-9;1-2/h6,9H,4-5H2,1-3H3;1-2H3/b8-7-;. The Labute approximate surface area is 70.3 Å². The molecule has 0 saturated carbocycles. The van der Waals surface area contributed by atoms with Crippen molar-refractivity contribution < 1.29 is 5.21 Å². The second kappa shape index (κ2) is 9.47. The molecule has 0 aliphatic rings.